The third kappa shape index (κ3) is 5.06. The van der Waals surface area contributed by atoms with Gasteiger partial charge in [-0.15, -0.1) is 0 Å². The third-order valence-corrected chi connectivity index (χ3v) is 5.63. The lowest BCUT2D eigenvalue weighted by Gasteiger charge is -2.17. The molecular formula is C26H23FN2O5. The number of rotatable bonds is 7. The smallest absolute Gasteiger partial charge is 0.407 e. The number of ether oxygens (including phenoxy) is 1. The second-order valence-corrected chi connectivity index (χ2v) is 8.16. The molecule has 1 unspecified atom stereocenters. The Morgan fingerprint density at radius 2 is 1.62 bits per heavy atom. The van der Waals surface area contributed by atoms with Crippen LogP contribution in [-0.4, -0.2) is 35.7 Å². The first kappa shape index (κ1) is 23.0. The van der Waals surface area contributed by atoms with Crippen LogP contribution in [0.3, 0.4) is 0 Å². The van der Waals surface area contributed by atoms with Gasteiger partial charge >= 0.3 is 12.1 Å². The fourth-order valence-corrected chi connectivity index (χ4v) is 4.17. The Morgan fingerprint density at radius 1 is 1.00 bits per heavy atom. The number of carboxylic acids is 1. The van der Waals surface area contributed by atoms with Crippen molar-refractivity contribution in [2.24, 2.45) is 0 Å². The molecule has 34 heavy (non-hydrogen) atoms. The normalized spacial score (nSPS) is 12.9. The fourth-order valence-electron chi connectivity index (χ4n) is 4.17. The van der Waals surface area contributed by atoms with Crippen LogP contribution in [0.15, 0.2) is 66.7 Å². The lowest BCUT2D eigenvalue weighted by Crippen LogP contribution is -2.36. The van der Waals surface area contributed by atoms with Crippen LogP contribution in [0.4, 0.5) is 14.9 Å². The minimum absolute atomic E-state index is 0.0238. The molecule has 3 aromatic carbocycles. The summed E-state index contributed by atoms with van der Waals surface area (Å²) in [6.07, 6.45) is -0.760. The van der Waals surface area contributed by atoms with Crippen molar-refractivity contribution in [2.75, 3.05) is 11.9 Å². The average Bonchev–Trinajstić information content (AvgIpc) is 3.10. The van der Waals surface area contributed by atoms with Gasteiger partial charge in [0, 0.05) is 24.1 Å². The topological polar surface area (TPSA) is 105 Å². The van der Waals surface area contributed by atoms with Crippen LogP contribution in [-0.2, 0) is 9.53 Å². The van der Waals surface area contributed by atoms with Gasteiger partial charge in [-0.05, 0) is 47.4 Å². The van der Waals surface area contributed by atoms with E-state index in [2.05, 4.69) is 10.6 Å². The van der Waals surface area contributed by atoms with Crippen LogP contribution < -0.4 is 10.6 Å². The van der Waals surface area contributed by atoms with Crippen molar-refractivity contribution in [1.29, 1.82) is 0 Å². The number of carbonyl (C=O) groups excluding carboxylic acids is 2. The second kappa shape index (κ2) is 9.74. The highest BCUT2D eigenvalue weighted by atomic mass is 19.1. The van der Waals surface area contributed by atoms with Crippen molar-refractivity contribution in [3.63, 3.8) is 0 Å². The van der Waals surface area contributed by atoms with Crippen molar-refractivity contribution >= 4 is 23.7 Å². The van der Waals surface area contributed by atoms with Crippen molar-refractivity contribution in [3.05, 3.63) is 89.2 Å². The number of fused-ring (bicyclic) bond motifs is 3. The second-order valence-electron chi connectivity index (χ2n) is 8.16. The SMILES string of the molecule is CC(CC(=O)Nc1cc(F)cc(C(=O)O)c1)NC(=O)OCC1c2ccccc2-c2ccccc21. The van der Waals surface area contributed by atoms with Crippen molar-refractivity contribution in [1.82, 2.24) is 5.32 Å². The van der Waals surface area contributed by atoms with Crippen LogP contribution in [0.1, 0.15) is 40.7 Å². The van der Waals surface area contributed by atoms with Crippen LogP contribution in [0, 0.1) is 5.82 Å². The summed E-state index contributed by atoms with van der Waals surface area (Å²) >= 11 is 0. The number of benzene rings is 3. The first-order valence-corrected chi connectivity index (χ1v) is 10.8. The molecule has 0 heterocycles. The van der Waals surface area contributed by atoms with Gasteiger partial charge in [0.05, 0.1) is 5.56 Å². The Hall–Kier alpha value is -4.20. The summed E-state index contributed by atoms with van der Waals surface area (Å²) in [6, 6.07) is 18.5. The maximum absolute atomic E-state index is 13.6. The summed E-state index contributed by atoms with van der Waals surface area (Å²) in [4.78, 5) is 35.7. The molecule has 0 saturated carbocycles. The van der Waals surface area contributed by atoms with E-state index < -0.39 is 29.8 Å². The lowest BCUT2D eigenvalue weighted by molar-refractivity contribution is -0.116. The van der Waals surface area contributed by atoms with Crippen LogP contribution in [0.5, 0.6) is 0 Å². The Balaban J connectivity index is 1.31. The summed E-state index contributed by atoms with van der Waals surface area (Å²) in [5, 5.41) is 14.1. The lowest BCUT2D eigenvalue weighted by atomic mass is 9.98. The van der Waals surface area contributed by atoms with Crippen LogP contribution in [0.25, 0.3) is 11.1 Å². The Bertz CT molecular complexity index is 1210. The summed E-state index contributed by atoms with van der Waals surface area (Å²) in [6.45, 7) is 1.79. The van der Waals surface area contributed by atoms with E-state index >= 15 is 0 Å². The molecule has 174 valence electrons. The summed E-state index contributed by atoms with van der Waals surface area (Å²) in [5.41, 5.74) is 4.19. The molecule has 1 aliphatic rings. The van der Waals surface area contributed by atoms with Gasteiger partial charge < -0.3 is 20.5 Å². The van der Waals surface area contributed by atoms with Crippen LogP contribution >= 0.6 is 0 Å². The molecule has 0 fully saturated rings. The summed E-state index contributed by atoms with van der Waals surface area (Å²) in [7, 11) is 0. The molecule has 0 bridgehead atoms. The highest BCUT2D eigenvalue weighted by Crippen LogP contribution is 2.44. The maximum Gasteiger partial charge on any atom is 0.407 e. The fraction of sp³-hybridized carbons (Fsp3) is 0.192. The summed E-state index contributed by atoms with van der Waals surface area (Å²) in [5.74, 6) is -2.66. The van der Waals surface area contributed by atoms with E-state index in [1.165, 1.54) is 0 Å². The van der Waals surface area contributed by atoms with Gasteiger partial charge in [-0.25, -0.2) is 14.0 Å². The molecule has 2 amide bonds. The predicted molar refractivity (Wildman–Crippen MR) is 124 cm³/mol. The number of hydrogen-bond donors (Lipinski definition) is 3. The first-order valence-electron chi connectivity index (χ1n) is 10.8. The average molecular weight is 462 g/mol. The molecule has 8 heteroatoms. The van der Waals surface area contributed by atoms with Crippen molar-refractivity contribution in [3.8, 4) is 11.1 Å². The predicted octanol–water partition coefficient (Wildman–Crippen LogP) is 4.78. The molecule has 0 aromatic heterocycles. The minimum atomic E-state index is -1.31. The van der Waals surface area contributed by atoms with Crippen LogP contribution in [0.2, 0.25) is 0 Å². The molecule has 0 aliphatic heterocycles. The minimum Gasteiger partial charge on any atom is -0.478 e. The molecule has 7 nitrogen and oxygen atoms in total. The number of halogens is 1. The Labute approximate surface area is 195 Å². The molecule has 1 atom stereocenters. The molecule has 3 N–H and O–H groups in total. The van der Waals surface area contributed by atoms with E-state index in [1.807, 2.05) is 48.5 Å². The quantitative estimate of drug-likeness (QED) is 0.469. The monoisotopic (exact) mass is 462 g/mol. The number of anilines is 1. The van der Waals surface area contributed by atoms with E-state index in [1.54, 1.807) is 6.92 Å². The highest BCUT2D eigenvalue weighted by Gasteiger charge is 2.29. The highest BCUT2D eigenvalue weighted by molar-refractivity contribution is 5.94. The molecular weight excluding hydrogens is 439 g/mol. The van der Waals surface area contributed by atoms with E-state index in [0.29, 0.717) is 0 Å². The van der Waals surface area contributed by atoms with Gasteiger partial charge in [-0.2, -0.15) is 0 Å². The van der Waals surface area contributed by atoms with Crippen molar-refractivity contribution in [2.45, 2.75) is 25.3 Å². The number of nitrogens with one attached hydrogen (secondary N) is 2. The molecule has 3 aromatic rings. The maximum atomic E-state index is 13.6. The largest absolute Gasteiger partial charge is 0.478 e. The van der Waals surface area contributed by atoms with E-state index in [9.17, 15) is 18.8 Å². The van der Waals surface area contributed by atoms with Gasteiger partial charge in [0.2, 0.25) is 5.91 Å². The number of carbonyl (C=O) groups is 3. The molecule has 1 aliphatic carbocycles. The summed E-state index contributed by atoms with van der Waals surface area (Å²) < 4.78 is 19.1. The van der Waals surface area contributed by atoms with Gasteiger partial charge in [-0.1, -0.05) is 48.5 Å². The first-order chi connectivity index (χ1) is 16.3. The number of alkyl carbamates (subject to hydrolysis) is 1. The van der Waals surface area contributed by atoms with Gasteiger partial charge in [-0.3, -0.25) is 4.79 Å². The number of aromatic carboxylic acids is 1. The zero-order valence-electron chi connectivity index (χ0n) is 18.4. The number of carboxylic acid groups (broad SMARTS) is 1. The molecule has 0 saturated heterocycles. The van der Waals surface area contributed by atoms with Gasteiger partial charge in [0.1, 0.15) is 12.4 Å². The number of amides is 2. The zero-order chi connectivity index (χ0) is 24.2. The van der Waals surface area contributed by atoms with Gasteiger partial charge in [0.15, 0.2) is 0 Å². The van der Waals surface area contributed by atoms with E-state index in [-0.39, 0.29) is 30.2 Å². The standard InChI is InChI=1S/C26H23FN2O5/c1-15(10-24(30)29-18-12-16(25(31)32)11-17(27)13-18)28-26(33)34-14-23-21-8-4-2-6-19(21)20-7-3-5-9-22(20)23/h2-9,11-13,15,23H,10,14H2,1H3,(H,28,33)(H,29,30)(H,31,32). The van der Waals surface area contributed by atoms with E-state index in [0.717, 1.165) is 40.5 Å². The molecule has 0 radical (unpaired) electrons. The van der Waals surface area contributed by atoms with E-state index in [4.69, 9.17) is 9.84 Å². The van der Waals surface area contributed by atoms with Gasteiger partial charge in [0.25, 0.3) is 0 Å². The van der Waals surface area contributed by atoms with Crippen molar-refractivity contribution < 1.29 is 28.6 Å². The Morgan fingerprint density at radius 3 is 2.24 bits per heavy atom. The zero-order valence-corrected chi connectivity index (χ0v) is 18.4. The number of hydrogen-bond acceptors (Lipinski definition) is 4. The third-order valence-electron chi connectivity index (χ3n) is 5.63. The Kier molecular flexibility index (Phi) is 6.58. The molecule has 0 spiro atoms. The molecule has 4 rings (SSSR count).